The van der Waals surface area contributed by atoms with Gasteiger partial charge >= 0.3 is 24.5 Å². The van der Waals surface area contributed by atoms with Crippen LogP contribution in [-0.4, -0.2) is 47.8 Å². The highest BCUT2D eigenvalue weighted by molar-refractivity contribution is 5.73. The van der Waals surface area contributed by atoms with Gasteiger partial charge < -0.3 is 15.5 Å². The van der Waals surface area contributed by atoms with E-state index in [2.05, 4.69) is 5.32 Å². The van der Waals surface area contributed by atoms with E-state index in [0.29, 0.717) is 30.8 Å². The van der Waals surface area contributed by atoms with Gasteiger partial charge in [0.1, 0.15) is 0 Å². The van der Waals surface area contributed by atoms with Gasteiger partial charge in [-0.2, -0.15) is 39.5 Å². The number of aliphatic carboxylic acids is 1. The molecule has 1 fully saturated rings. The Bertz CT molecular complexity index is 988. The first-order valence-electron chi connectivity index (χ1n) is 9.88. The summed E-state index contributed by atoms with van der Waals surface area (Å²) in [5, 5.41) is 19.9. The third-order valence-corrected chi connectivity index (χ3v) is 5.84. The smallest absolute Gasteiger partial charge is 0.475 e. The Kier molecular flexibility index (Phi) is 7.87. The first-order chi connectivity index (χ1) is 15.9. The van der Waals surface area contributed by atoms with Crippen molar-refractivity contribution in [1.29, 1.82) is 0 Å². The van der Waals surface area contributed by atoms with Crippen molar-refractivity contribution in [3.05, 3.63) is 71.3 Å². The molecule has 1 saturated heterocycles. The van der Waals surface area contributed by atoms with Crippen LogP contribution >= 0.6 is 0 Å². The van der Waals surface area contributed by atoms with Gasteiger partial charge in [0.25, 0.3) is 5.60 Å². The number of benzene rings is 2. The number of carboxylic acids is 1. The Morgan fingerprint density at radius 1 is 0.886 bits per heavy atom. The number of halogens is 9. The number of aliphatic hydroxyl groups is 1. The number of rotatable bonds is 3. The fraction of sp³-hybridized carbons (Fsp3) is 0.409. The van der Waals surface area contributed by atoms with Gasteiger partial charge in [0.2, 0.25) is 0 Å². The minimum absolute atomic E-state index is 0.145. The van der Waals surface area contributed by atoms with Gasteiger partial charge in [-0.3, -0.25) is 0 Å². The first kappa shape index (κ1) is 28.4. The third kappa shape index (κ3) is 5.72. The number of hydrogen-bond acceptors (Lipinski definition) is 3. The second-order valence-corrected chi connectivity index (χ2v) is 8.10. The second kappa shape index (κ2) is 9.69. The van der Waals surface area contributed by atoms with Crippen molar-refractivity contribution in [2.75, 3.05) is 13.1 Å². The lowest BCUT2D eigenvalue weighted by Gasteiger charge is -2.34. The molecule has 0 amide bonds. The molecule has 0 saturated carbocycles. The molecule has 35 heavy (non-hydrogen) atoms. The Morgan fingerprint density at radius 2 is 1.34 bits per heavy atom. The molecule has 13 heteroatoms. The molecule has 1 aliphatic heterocycles. The van der Waals surface area contributed by atoms with Crippen LogP contribution in [0.25, 0.3) is 0 Å². The SMILES string of the molecule is C[C@]1(c2ccccc2)CNC[C@H]1c1ccc(C(O)(C(F)(F)F)C(F)(F)F)cc1.O=C(O)C(F)(F)F. The van der Waals surface area contributed by atoms with Crippen molar-refractivity contribution < 1.29 is 54.5 Å². The largest absolute Gasteiger partial charge is 0.490 e. The summed E-state index contributed by atoms with van der Waals surface area (Å²) in [6, 6.07) is 13.4. The van der Waals surface area contributed by atoms with Crippen LogP contribution in [0.15, 0.2) is 54.6 Å². The molecule has 0 spiro atoms. The van der Waals surface area contributed by atoms with Crippen LogP contribution in [0.1, 0.15) is 29.5 Å². The molecule has 0 unspecified atom stereocenters. The molecule has 0 bridgehead atoms. The normalized spacial score (nSPS) is 21.3. The molecule has 0 aromatic heterocycles. The van der Waals surface area contributed by atoms with E-state index in [0.717, 1.165) is 5.56 Å². The Morgan fingerprint density at radius 3 is 1.74 bits per heavy atom. The topological polar surface area (TPSA) is 69.6 Å². The van der Waals surface area contributed by atoms with E-state index in [1.165, 1.54) is 12.1 Å². The zero-order valence-corrected chi connectivity index (χ0v) is 17.9. The molecule has 2 atom stereocenters. The van der Waals surface area contributed by atoms with Crippen molar-refractivity contribution in [2.45, 2.75) is 42.4 Å². The van der Waals surface area contributed by atoms with Crippen molar-refractivity contribution in [3.63, 3.8) is 0 Å². The van der Waals surface area contributed by atoms with Crippen LogP contribution in [0, 0.1) is 0 Å². The van der Waals surface area contributed by atoms with E-state index >= 15 is 0 Å². The molecule has 4 nitrogen and oxygen atoms in total. The summed E-state index contributed by atoms with van der Waals surface area (Å²) in [4.78, 5) is 8.90. The molecule has 194 valence electrons. The van der Waals surface area contributed by atoms with E-state index < -0.39 is 35.7 Å². The van der Waals surface area contributed by atoms with Crippen LogP contribution in [0.4, 0.5) is 39.5 Å². The molecule has 0 aliphatic carbocycles. The first-order valence-corrected chi connectivity index (χ1v) is 9.88. The van der Waals surface area contributed by atoms with Gasteiger partial charge in [-0.1, -0.05) is 61.5 Å². The molecular formula is C22H20F9NO3. The lowest BCUT2D eigenvalue weighted by atomic mass is 9.71. The van der Waals surface area contributed by atoms with Crippen molar-refractivity contribution in [2.24, 2.45) is 0 Å². The predicted molar refractivity (Wildman–Crippen MR) is 106 cm³/mol. The summed E-state index contributed by atoms with van der Waals surface area (Å²) >= 11 is 0. The quantitative estimate of drug-likeness (QED) is 0.485. The average Bonchev–Trinajstić information content (AvgIpc) is 3.15. The van der Waals surface area contributed by atoms with E-state index in [4.69, 9.17) is 9.90 Å². The fourth-order valence-electron chi connectivity index (χ4n) is 3.88. The molecule has 2 aromatic carbocycles. The fourth-order valence-corrected chi connectivity index (χ4v) is 3.88. The minimum atomic E-state index is -5.89. The van der Waals surface area contributed by atoms with Crippen molar-refractivity contribution in [1.82, 2.24) is 5.32 Å². The number of nitrogens with one attached hydrogen (secondary N) is 1. The van der Waals surface area contributed by atoms with E-state index in [1.807, 2.05) is 37.3 Å². The molecular weight excluding hydrogens is 497 g/mol. The van der Waals surface area contributed by atoms with Crippen LogP contribution in [0.2, 0.25) is 0 Å². The summed E-state index contributed by atoms with van der Waals surface area (Å²) in [6.45, 7) is 3.16. The highest BCUT2D eigenvalue weighted by Gasteiger charge is 2.71. The predicted octanol–water partition coefficient (Wildman–Crippen LogP) is 5.28. The summed E-state index contributed by atoms with van der Waals surface area (Å²) in [5.41, 5.74) is -4.89. The van der Waals surface area contributed by atoms with Gasteiger partial charge in [0, 0.05) is 30.0 Å². The van der Waals surface area contributed by atoms with Gasteiger partial charge in [0.05, 0.1) is 0 Å². The summed E-state index contributed by atoms with van der Waals surface area (Å²) in [6.07, 6.45) is -16.9. The zero-order chi connectivity index (χ0) is 26.9. The Balaban J connectivity index is 0.000000540. The standard InChI is InChI=1S/C20H19F6NO.C2HF3O2/c1-17(14-5-3-2-4-6-14)12-27-11-16(17)13-7-9-15(10-8-13)18(28,19(21,22)23)20(24,25)26;3-2(4,5)1(6)7/h2-10,16,27-28H,11-12H2,1H3;(H,6,7)/t16-,17+;/m0./s1. The Hall–Kier alpha value is -2.80. The van der Waals surface area contributed by atoms with Gasteiger partial charge in [-0.25, -0.2) is 4.79 Å². The maximum Gasteiger partial charge on any atom is 0.490 e. The maximum absolute atomic E-state index is 13.1. The highest BCUT2D eigenvalue weighted by atomic mass is 19.4. The third-order valence-electron chi connectivity index (χ3n) is 5.84. The number of carbonyl (C=O) groups is 1. The summed E-state index contributed by atoms with van der Waals surface area (Å²) in [5.74, 6) is -2.90. The Labute approximate surface area is 193 Å². The van der Waals surface area contributed by atoms with Crippen LogP contribution < -0.4 is 5.32 Å². The van der Waals surface area contributed by atoms with Gasteiger partial charge in [0.15, 0.2) is 0 Å². The molecule has 1 aliphatic rings. The van der Waals surface area contributed by atoms with Gasteiger partial charge in [-0.15, -0.1) is 0 Å². The number of carboxylic acid groups (broad SMARTS) is 1. The second-order valence-electron chi connectivity index (χ2n) is 8.10. The lowest BCUT2D eigenvalue weighted by molar-refractivity contribution is -0.376. The van der Waals surface area contributed by atoms with E-state index in [9.17, 15) is 44.6 Å². The number of hydrogen-bond donors (Lipinski definition) is 3. The van der Waals surface area contributed by atoms with Crippen molar-refractivity contribution in [3.8, 4) is 0 Å². The monoisotopic (exact) mass is 517 g/mol. The van der Waals surface area contributed by atoms with E-state index in [-0.39, 0.29) is 11.3 Å². The van der Waals surface area contributed by atoms with Crippen molar-refractivity contribution >= 4 is 5.97 Å². The van der Waals surface area contributed by atoms with Crippen LogP contribution in [0.5, 0.6) is 0 Å². The van der Waals surface area contributed by atoms with Crippen LogP contribution in [-0.2, 0) is 15.8 Å². The van der Waals surface area contributed by atoms with Gasteiger partial charge in [-0.05, 0) is 11.1 Å². The maximum atomic E-state index is 13.1. The van der Waals surface area contributed by atoms with Crippen LogP contribution in [0.3, 0.4) is 0 Å². The summed E-state index contributed by atoms with van der Waals surface area (Å²) < 4.78 is 110. The lowest BCUT2D eigenvalue weighted by Crippen LogP contribution is -2.53. The zero-order valence-electron chi connectivity index (χ0n) is 17.9. The highest BCUT2D eigenvalue weighted by Crippen LogP contribution is 2.50. The summed E-state index contributed by atoms with van der Waals surface area (Å²) in [7, 11) is 0. The molecule has 3 rings (SSSR count). The molecule has 0 radical (unpaired) electrons. The molecule has 2 aromatic rings. The molecule has 3 N–H and O–H groups in total. The molecule has 1 heterocycles. The minimum Gasteiger partial charge on any atom is -0.475 e. The average molecular weight is 517 g/mol. The van der Waals surface area contributed by atoms with E-state index in [1.54, 1.807) is 0 Å². The number of alkyl halides is 9.